The summed E-state index contributed by atoms with van der Waals surface area (Å²) in [5.41, 5.74) is 2.25. The Kier molecular flexibility index (Phi) is 8.07. The molecule has 0 bridgehead atoms. The molecule has 0 aliphatic rings. The zero-order valence-electron chi connectivity index (χ0n) is 20.4. The van der Waals surface area contributed by atoms with Crippen LogP contribution in [-0.4, -0.2) is 37.0 Å². The van der Waals surface area contributed by atoms with Gasteiger partial charge in [-0.3, -0.25) is 14.6 Å². The van der Waals surface area contributed by atoms with Gasteiger partial charge in [0, 0.05) is 18.3 Å². The second-order valence-electron chi connectivity index (χ2n) is 9.76. The van der Waals surface area contributed by atoms with Crippen molar-refractivity contribution in [2.24, 2.45) is 5.41 Å². The standard InChI is InChI=1S/C27H31N3O4S/c1-19-8-10-20(11-9-19)17-24(30-25(31)23-7-5-6-16-28-23)26(32)29-21-12-14-22(15-13-21)35(33,34)18-27(2,3)4/h5-16,24H,17-18H2,1-4H3,(H,29,32)(H,30,31)/t24-/m0/s1. The van der Waals surface area contributed by atoms with Crippen molar-refractivity contribution in [3.05, 3.63) is 89.7 Å². The number of benzene rings is 2. The maximum atomic E-state index is 13.2. The van der Waals surface area contributed by atoms with Crippen LogP contribution in [0.1, 0.15) is 42.4 Å². The lowest BCUT2D eigenvalue weighted by atomic mass is 10.0. The summed E-state index contributed by atoms with van der Waals surface area (Å²) in [6.07, 6.45) is 1.79. The fourth-order valence-corrected chi connectivity index (χ4v) is 5.38. The minimum atomic E-state index is -3.45. The lowest BCUT2D eigenvalue weighted by Crippen LogP contribution is -2.45. The number of nitrogens with one attached hydrogen (secondary N) is 2. The van der Waals surface area contributed by atoms with E-state index in [2.05, 4.69) is 15.6 Å². The second kappa shape index (κ2) is 10.8. The van der Waals surface area contributed by atoms with Gasteiger partial charge in [-0.2, -0.15) is 0 Å². The molecule has 0 aliphatic carbocycles. The number of hydrogen-bond donors (Lipinski definition) is 2. The first-order valence-corrected chi connectivity index (χ1v) is 13.0. The minimum Gasteiger partial charge on any atom is -0.339 e. The zero-order valence-corrected chi connectivity index (χ0v) is 21.2. The molecule has 0 saturated carbocycles. The molecule has 35 heavy (non-hydrogen) atoms. The van der Waals surface area contributed by atoms with Crippen molar-refractivity contribution in [2.45, 2.75) is 45.1 Å². The van der Waals surface area contributed by atoms with Crippen LogP contribution in [0.4, 0.5) is 5.69 Å². The zero-order chi connectivity index (χ0) is 25.6. The van der Waals surface area contributed by atoms with E-state index in [1.54, 1.807) is 30.3 Å². The van der Waals surface area contributed by atoms with E-state index in [0.29, 0.717) is 5.69 Å². The quantitative estimate of drug-likeness (QED) is 0.490. The summed E-state index contributed by atoms with van der Waals surface area (Å²) in [4.78, 5) is 30.1. The van der Waals surface area contributed by atoms with Gasteiger partial charge in [-0.25, -0.2) is 8.42 Å². The summed E-state index contributed by atoms with van der Waals surface area (Å²) >= 11 is 0. The first-order valence-electron chi connectivity index (χ1n) is 11.3. The van der Waals surface area contributed by atoms with E-state index < -0.39 is 27.7 Å². The molecule has 0 aliphatic heterocycles. The SMILES string of the molecule is Cc1ccc(C[C@H](NC(=O)c2ccccn2)C(=O)Nc2ccc(S(=O)(=O)CC(C)(C)C)cc2)cc1. The van der Waals surface area contributed by atoms with Crippen molar-refractivity contribution < 1.29 is 18.0 Å². The average Bonchev–Trinajstić information content (AvgIpc) is 2.79. The second-order valence-corrected chi connectivity index (χ2v) is 11.8. The predicted molar refractivity (Wildman–Crippen MR) is 137 cm³/mol. The van der Waals surface area contributed by atoms with Gasteiger partial charge in [0.15, 0.2) is 9.84 Å². The third-order valence-electron chi connectivity index (χ3n) is 5.18. The van der Waals surface area contributed by atoms with Gasteiger partial charge in [-0.1, -0.05) is 56.7 Å². The third kappa shape index (κ3) is 7.75. The van der Waals surface area contributed by atoms with Crippen molar-refractivity contribution in [3.8, 4) is 0 Å². The molecule has 2 aromatic carbocycles. The first-order chi connectivity index (χ1) is 16.4. The van der Waals surface area contributed by atoms with Crippen LogP contribution in [0.3, 0.4) is 0 Å². The number of hydrogen-bond acceptors (Lipinski definition) is 5. The van der Waals surface area contributed by atoms with Gasteiger partial charge in [0.1, 0.15) is 11.7 Å². The Morgan fingerprint density at radius 1 is 0.943 bits per heavy atom. The normalized spacial score (nSPS) is 12.6. The highest BCUT2D eigenvalue weighted by atomic mass is 32.2. The molecule has 0 radical (unpaired) electrons. The van der Waals surface area contributed by atoms with Crippen molar-refractivity contribution >= 4 is 27.3 Å². The molecule has 3 rings (SSSR count). The maximum Gasteiger partial charge on any atom is 0.270 e. The molecule has 0 spiro atoms. The van der Waals surface area contributed by atoms with Gasteiger partial charge in [0.05, 0.1) is 10.6 Å². The summed E-state index contributed by atoms with van der Waals surface area (Å²) in [6, 6.07) is 17.9. The maximum absolute atomic E-state index is 13.2. The minimum absolute atomic E-state index is 0.0177. The summed E-state index contributed by atoms with van der Waals surface area (Å²) in [5, 5.41) is 5.56. The van der Waals surface area contributed by atoms with Gasteiger partial charge < -0.3 is 10.6 Å². The number of carbonyl (C=O) groups is 2. The number of sulfone groups is 1. The molecule has 2 N–H and O–H groups in total. The van der Waals surface area contributed by atoms with Crippen LogP contribution in [0.15, 0.2) is 77.8 Å². The topological polar surface area (TPSA) is 105 Å². The van der Waals surface area contributed by atoms with Crippen molar-refractivity contribution in [1.82, 2.24) is 10.3 Å². The van der Waals surface area contributed by atoms with E-state index >= 15 is 0 Å². The van der Waals surface area contributed by atoms with E-state index in [9.17, 15) is 18.0 Å². The van der Waals surface area contributed by atoms with Crippen LogP contribution in [0.2, 0.25) is 0 Å². The smallest absolute Gasteiger partial charge is 0.270 e. The Bertz CT molecular complexity index is 1260. The van der Waals surface area contributed by atoms with Gasteiger partial charge in [0.2, 0.25) is 5.91 Å². The lowest BCUT2D eigenvalue weighted by molar-refractivity contribution is -0.118. The van der Waals surface area contributed by atoms with E-state index in [1.165, 1.54) is 18.3 Å². The molecular formula is C27H31N3O4S. The van der Waals surface area contributed by atoms with Crippen molar-refractivity contribution in [1.29, 1.82) is 0 Å². The van der Waals surface area contributed by atoms with E-state index in [1.807, 2.05) is 52.0 Å². The van der Waals surface area contributed by atoms with Crippen LogP contribution < -0.4 is 10.6 Å². The van der Waals surface area contributed by atoms with Crippen LogP contribution in [0.25, 0.3) is 0 Å². The molecular weight excluding hydrogens is 462 g/mol. The molecule has 7 nitrogen and oxygen atoms in total. The Hall–Kier alpha value is -3.52. The molecule has 3 aromatic rings. The van der Waals surface area contributed by atoms with Crippen LogP contribution in [0, 0.1) is 12.3 Å². The predicted octanol–water partition coefficient (Wildman–Crippen LogP) is 4.19. The van der Waals surface area contributed by atoms with Crippen LogP contribution >= 0.6 is 0 Å². The van der Waals surface area contributed by atoms with Gasteiger partial charge in [0.25, 0.3) is 5.91 Å². The number of pyridine rings is 1. The number of anilines is 1. The number of nitrogens with zero attached hydrogens (tertiary/aromatic N) is 1. The highest BCUT2D eigenvalue weighted by Gasteiger charge is 2.25. The Balaban J connectivity index is 1.77. The fraction of sp³-hybridized carbons (Fsp3) is 0.296. The third-order valence-corrected chi connectivity index (χ3v) is 7.42. The summed E-state index contributed by atoms with van der Waals surface area (Å²) in [5.74, 6) is -0.856. The average molecular weight is 494 g/mol. The van der Waals surface area contributed by atoms with E-state index in [4.69, 9.17) is 0 Å². The van der Waals surface area contributed by atoms with Gasteiger partial charge >= 0.3 is 0 Å². The molecule has 2 amide bonds. The molecule has 184 valence electrons. The lowest BCUT2D eigenvalue weighted by Gasteiger charge is -2.19. The summed E-state index contributed by atoms with van der Waals surface area (Å²) in [6.45, 7) is 7.58. The molecule has 0 saturated heterocycles. The molecule has 1 aromatic heterocycles. The Morgan fingerprint density at radius 2 is 1.60 bits per heavy atom. The van der Waals surface area contributed by atoms with E-state index in [-0.39, 0.29) is 28.2 Å². The summed E-state index contributed by atoms with van der Waals surface area (Å²) in [7, 11) is -3.45. The Labute approximate surface area is 206 Å². The molecule has 0 fully saturated rings. The number of amides is 2. The first kappa shape index (κ1) is 26.1. The fourth-order valence-electron chi connectivity index (χ4n) is 3.53. The number of aromatic nitrogens is 1. The summed E-state index contributed by atoms with van der Waals surface area (Å²) < 4.78 is 25.3. The number of carbonyl (C=O) groups excluding carboxylic acids is 2. The van der Waals surface area contributed by atoms with Crippen LogP contribution in [-0.2, 0) is 21.1 Å². The highest BCUT2D eigenvalue weighted by Crippen LogP contribution is 2.23. The molecule has 1 atom stereocenters. The van der Waals surface area contributed by atoms with E-state index in [0.717, 1.165) is 11.1 Å². The number of rotatable bonds is 8. The Morgan fingerprint density at radius 3 is 2.17 bits per heavy atom. The monoisotopic (exact) mass is 493 g/mol. The van der Waals surface area contributed by atoms with Gasteiger partial charge in [-0.15, -0.1) is 0 Å². The van der Waals surface area contributed by atoms with Crippen molar-refractivity contribution in [2.75, 3.05) is 11.1 Å². The number of aryl methyl sites for hydroxylation is 1. The molecule has 8 heteroatoms. The molecule has 1 heterocycles. The van der Waals surface area contributed by atoms with Crippen LogP contribution in [0.5, 0.6) is 0 Å². The molecule has 0 unspecified atom stereocenters. The van der Waals surface area contributed by atoms with Crippen molar-refractivity contribution in [3.63, 3.8) is 0 Å². The highest BCUT2D eigenvalue weighted by molar-refractivity contribution is 7.91. The van der Waals surface area contributed by atoms with Gasteiger partial charge in [-0.05, 0) is 54.3 Å². The largest absolute Gasteiger partial charge is 0.339 e.